The Balaban J connectivity index is 0.998. The number of rotatable bonds is 13. The number of nitro benzene ring substituents is 1. The van der Waals surface area contributed by atoms with E-state index in [1.165, 1.54) is 41.1 Å². The van der Waals surface area contributed by atoms with Crippen LogP contribution in [0.4, 0.5) is 17.1 Å². The summed E-state index contributed by atoms with van der Waals surface area (Å²) in [4.78, 5) is 37.0. The number of pyridine rings is 1. The number of piperazine rings is 1. The van der Waals surface area contributed by atoms with Crippen LogP contribution in [0, 0.1) is 15.5 Å². The van der Waals surface area contributed by atoms with Crippen molar-refractivity contribution in [2.24, 2.45) is 5.41 Å². The quantitative estimate of drug-likeness (QED) is 0.0766. The second-order valence-corrected chi connectivity index (χ2v) is 19.0. The van der Waals surface area contributed by atoms with Crippen LogP contribution in [-0.2, 0) is 19.5 Å². The molecular weight excluding hydrogens is 834 g/mol. The molecule has 0 unspecified atom stereocenters. The largest absolute Gasteiger partial charge is 0.455 e. The van der Waals surface area contributed by atoms with Crippen LogP contribution in [-0.4, -0.2) is 98.8 Å². The Labute approximate surface area is 365 Å². The molecular formula is C45H50ClN7O8S. The lowest BCUT2D eigenvalue weighted by molar-refractivity contribution is -0.384. The van der Waals surface area contributed by atoms with Crippen molar-refractivity contribution in [1.82, 2.24) is 19.6 Å². The van der Waals surface area contributed by atoms with E-state index in [-0.39, 0.29) is 41.2 Å². The van der Waals surface area contributed by atoms with Crippen molar-refractivity contribution in [3.05, 3.63) is 117 Å². The average Bonchev–Trinajstić information content (AvgIpc) is 3.72. The number of sulfonamides is 1. The summed E-state index contributed by atoms with van der Waals surface area (Å²) in [5, 5.41) is 16.6. The van der Waals surface area contributed by atoms with E-state index in [4.69, 9.17) is 25.8 Å². The Bertz CT molecular complexity index is 2600. The van der Waals surface area contributed by atoms with E-state index in [2.05, 4.69) is 55.8 Å². The maximum absolute atomic E-state index is 13.9. The number of anilines is 2. The SMILES string of the molecule is C[C@@H]1CO[C@@H](CNc2ccc(S(=O)(=O)NC(=O)c3ccc(N4CCN(CC5=C(c6ccc(Cl)cc6)CC(C)(C)CC5)CC4)cc3Oc3cnc4[nH]ccc4c3)cc2[N+](=O)[O-])CO1. The summed E-state index contributed by atoms with van der Waals surface area (Å²) >= 11 is 6.24. The number of amides is 1. The minimum Gasteiger partial charge on any atom is -0.455 e. The first-order valence-electron chi connectivity index (χ1n) is 20.7. The van der Waals surface area contributed by atoms with Gasteiger partial charge in [-0.15, -0.1) is 0 Å². The van der Waals surface area contributed by atoms with Gasteiger partial charge in [0.25, 0.3) is 21.6 Å². The van der Waals surface area contributed by atoms with E-state index in [1.807, 2.05) is 25.1 Å². The summed E-state index contributed by atoms with van der Waals surface area (Å²) in [6, 6.07) is 20.2. The zero-order chi connectivity index (χ0) is 43.6. The maximum Gasteiger partial charge on any atom is 0.293 e. The van der Waals surface area contributed by atoms with Crippen LogP contribution in [0.5, 0.6) is 11.5 Å². The third kappa shape index (κ3) is 10.1. The summed E-state index contributed by atoms with van der Waals surface area (Å²) in [7, 11) is -4.59. The van der Waals surface area contributed by atoms with Crippen LogP contribution < -0.4 is 19.7 Å². The Kier molecular flexibility index (Phi) is 12.6. The topological polar surface area (TPSA) is 181 Å². The number of halogens is 1. The van der Waals surface area contributed by atoms with Gasteiger partial charge in [0, 0.05) is 73.7 Å². The number of fused-ring (bicyclic) bond motifs is 1. The van der Waals surface area contributed by atoms with Gasteiger partial charge in [-0.25, -0.2) is 18.1 Å². The first kappa shape index (κ1) is 43.1. The number of hydrogen-bond acceptors (Lipinski definition) is 12. The number of aromatic amines is 1. The van der Waals surface area contributed by atoms with Crippen LogP contribution >= 0.6 is 11.6 Å². The van der Waals surface area contributed by atoms with Crippen molar-refractivity contribution in [1.29, 1.82) is 0 Å². The number of carbonyl (C=O) groups excluding carboxylic acids is 1. The van der Waals surface area contributed by atoms with Crippen molar-refractivity contribution < 1.29 is 32.3 Å². The van der Waals surface area contributed by atoms with Crippen molar-refractivity contribution in [2.45, 2.75) is 57.1 Å². The number of nitro groups is 1. The maximum atomic E-state index is 13.9. The highest BCUT2D eigenvalue weighted by Crippen LogP contribution is 2.43. The van der Waals surface area contributed by atoms with Gasteiger partial charge >= 0.3 is 0 Å². The van der Waals surface area contributed by atoms with Crippen molar-refractivity contribution >= 4 is 61.2 Å². The van der Waals surface area contributed by atoms with Gasteiger partial charge in [0.15, 0.2) is 0 Å². The fourth-order valence-electron chi connectivity index (χ4n) is 8.18. The van der Waals surface area contributed by atoms with Gasteiger partial charge in [0.2, 0.25) is 0 Å². The standard InChI is InChI=1S/C45H50ClN7O8S/c1-29-27-60-36(28-59-29)25-48-40-11-9-37(22-41(40)53(55)56)62(57,58)50-44(54)38-10-8-34(21-42(38)61-35-20-31-13-15-47-43(31)49-24-35)52-18-16-51(17-19-52)26-32-12-14-45(2,3)23-39(32)30-4-6-33(46)7-5-30/h4-11,13,15,20-22,24,29,36,48H,12,14,16-19,23,25-28H2,1-3H3,(H,47,49)(H,50,54)/t29-,36+/m1/s1. The predicted molar refractivity (Wildman–Crippen MR) is 239 cm³/mol. The molecule has 4 heterocycles. The molecule has 2 fully saturated rings. The number of allylic oxidation sites excluding steroid dienone is 1. The molecule has 0 radical (unpaired) electrons. The molecule has 2 atom stereocenters. The first-order chi connectivity index (χ1) is 29.7. The zero-order valence-corrected chi connectivity index (χ0v) is 36.4. The lowest BCUT2D eigenvalue weighted by Gasteiger charge is -2.39. The van der Waals surface area contributed by atoms with E-state index >= 15 is 0 Å². The highest BCUT2D eigenvalue weighted by Gasteiger charge is 2.31. The normalized spacial score (nSPS) is 19.6. The number of nitrogens with one attached hydrogen (secondary N) is 3. The lowest BCUT2D eigenvalue weighted by atomic mass is 9.72. The molecule has 3 N–H and O–H groups in total. The molecule has 2 saturated heterocycles. The summed E-state index contributed by atoms with van der Waals surface area (Å²) in [6.07, 6.45) is 6.07. The molecule has 3 aromatic carbocycles. The number of aromatic nitrogens is 2. The Hall–Kier alpha value is -5.52. The van der Waals surface area contributed by atoms with Gasteiger partial charge in [0.1, 0.15) is 22.8 Å². The van der Waals surface area contributed by atoms with E-state index < -0.39 is 31.4 Å². The smallest absolute Gasteiger partial charge is 0.293 e. The van der Waals surface area contributed by atoms with Gasteiger partial charge in [-0.3, -0.25) is 19.8 Å². The molecule has 0 saturated carbocycles. The summed E-state index contributed by atoms with van der Waals surface area (Å²) in [5.41, 5.74) is 5.34. The monoisotopic (exact) mass is 883 g/mol. The zero-order valence-electron chi connectivity index (χ0n) is 34.9. The van der Waals surface area contributed by atoms with Crippen molar-refractivity contribution in [3.8, 4) is 11.5 Å². The van der Waals surface area contributed by atoms with Gasteiger partial charge in [0.05, 0.1) is 47.0 Å². The fraction of sp³-hybridized carbons (Fsp3) is 0.378. The van der Waals surface area contributed by atoms with Gasteiger partial charge < -0.3 is 29.4 Å². The number of carbonyl (C=O) groups is 1. The Morgan fingerprint density at radius 2 is 1.82 bits per heavy atom. The summed E-state index contributed by atoms with van der Waals surface area (Å²) in [6.45, 7) is 11.4. The van der Waals surface area contributed by atoms with E-state index in [9.17, 15) is 23.3 Å². The van der Waals surface area contributed by atoms with Crippen molar-refractivity contribution in [3.63, 3.8) is 0 Å². The number of H-pyrrole nitrogens is 1. The molecule has 0 spiro atoms. The van der Waals surface area contributed by atoms with E-state index in [0.29, 0.717) is 24.6 Å². The number of ether oxygens (including phenoxy) is 3. The highest BCUT2D eigenvalue weighted by atomic mass is 35.5. The molecule has 326 valence electrons. The molecule has 2 aromatic heterocycles. The molecule has 1 aliphatic carbocycles. The van der Waals surface area contributed by atoms with Crippen LogP contribution in [0.1, 0.15) is 56.0 Å². The number of benzene rings is 3. The fourth-order valence-corrected chi connectivity index (χ4v) is 9.29. The third-order valence-electron chi connectivity index (χ3n) is 11.7. The van der Waals surface area contributed by atoms with Crippen LogP contribution in [0.25, 0.3) is 16.6 Å². The van der Waals surface area contributed by atoms with Gasteiger partial charge in [-0.1, -0.05) is 43.2 Å². The minimum absolute atomic E-state index is 0.0489. The van der Waals surface area contributed by atoms with E-state index in [0.717, 1.165) is 74.1 Å². The van der Waals surface area contributed by atoms with Crippen LogP contribution in [0.3, 0.4) is 0 Å². The first-order valence-corrected chi connectivity index (χ1v) is 22.6. The molecule has 2 aliphatic heterocycles. The van der Waals surface area contributed by atoms with Crippen LogP contribution in [0.15, 0.2) is 95.7 Å². The molecule has 8 rings (SSSR count). The van der Waals surface area contributed by atoms with Crippen LogP contribution in [0.2, 0.25) is 5.02 Å². The highest BCUT2D eigenvalue weighted by molar-refractivity contribution is 7.90. The lowest BCUT2D eigenvalue weighted by Crippen LogP contribution is -2.47. The molecule has 0 bridgehead atoms. The third-order valence-corrected chi connectivity index (χ3v) is 13.3. The van der Waals surface area contributed by atoms with Crippen molar-refractivity contribution in [2.75, 3.05) is 62.7 Å². The molecule has 17 heteroatoms. The minimum atomic E-state index is -4.59. The average molecular weight is 884 g/mol. The predicted octanol–water partition coefficient (Wildman–Crippen LogP) is 8.04. The second-order valence-electron chi connectivity index (χ2n) is 16.9. The van der Waals surface area contributed by atoms with Gasteiger partial charge in [-0.2, -0.15) is 0 Å². The second kappa shape index (κ2) is 18.1. The molecule has 15 nitrogen and oxygen atoms in total. The summed E-state index contributed by atoms with van der Waals surface area (Å²) < 4.78 is 47.1. The summed E-state index contributed by atoms with van der Waals surface area (Å²) in [5.74, 6) is -0.512. The van der Waals surface area contributed by atoms with Gasteiger partial charge in [-0.05, 0) is 91.3 Å². The number of hydrogen-bond donors (Lipinski definition) is 3. The molecule has 62 heavy (non-hydrogen) atoms. The molecule has 1 amide bonds. The van der Waals surface area contributed by atoms with E-state index in [1.54, 1.807) is 24.4 Å². The Morgan fingerprint density at radius 1 is 1.03 bits per heavy atom. The molecule has 3 aliphatic rings. The molecule has 5 aromatic rings. The number of nitrogens with zero attached hydrogens (tertiary/aromatic N) is 4. The Morgan fingerprint density at radius 3 is 2.56 bits per heavy atom.